The van der Waals surface area contributed by atoms with Crippen LogP contribution in [0.1, 0.15) is 29.6 Å². The van der Waals surface area contributed by atoms with Gasteiger partial charge in [-0.15, -0.1) is 0 Å². The van der Waals surface area contributed by atoms with Crippen LogP contribution >= 0.6 is 23.4 Å². The molecule has 1 aliphatic heterocycles. The molecule has 0 spiro atoms. The van der Waals surface area contributed by atoms with Gasteiger partial charge in [-0.25, -0.2) is 9.78 Å². The van der Waals surface area contributed by atoms with E-state index in [1.165, 1.54) is 37.3 Å². The van der Waals surface area contributed by atoms with Crippen molar-refractivity contribution in [2.75, 3.05) is 17.6 Å². The van der Waals surface area contributed by atoms with Crippen molar-refractivity contribution < 1.29 is 9.90 Å². The topological polar surface area (TPSA) is 62.2 Å². The quantitative estimate of drug-likeness (QED) is 0.890. The fourth-order valence-electron chi connectivity index (χ4n) is 1.86. The second-order valence-electron chi connectivity index (χ2n) is 4.23. The van der Waals surface area contributed by atoms with Gasteiger partial charge in [0.25, 0.3) is 0 Å². The van der Waals surface area contributed by atoms with Crippen molar-refractivity contribution in [1.29, 1.82) is 0 Å². The van der Waals surface area contributed by atoms with Crippen LogP contribution in [0, 0.1) is 0 Å². The Balaban J connectivity index is 1.94. The van der Waals surface area contributed by atoms with Gasteiger partial charge in [-0.3, -0.25) is 0 Å². The first kappa shape index (κ1) is 13.5. The lowest BCUT2D eigenvalue weighted by Crippen LogP contribution is -2.20. The van der Waals surface area contributed by atoms with E-state index in [1.807, 2.05) is 11.8 Å². The predicted molar refractivity (Wildman–Crippen MR) is 74.8 cm³/mol. The number of pyridine rings is 1. The third kappa shape index (κ3) is 3.53. The molecule has 98 valence electrons. The molecule has 0 amide bonds. The number of rotatable bonds is 4. The monoisotopic (exact) mass is 286 g/mol. The highest BCUT2D eigenvalue weighted by Crippen LogP contribution is 2.26. The molecule has 1 saturated heterocycles. The number of halogens is 1. The van der Waals surface area contributed by atoms with Crippen LogP contribution in [0.2, 0.25) is 5.02 Å². The van der Waals surface area contributed by atoms with E-state index < -0.39 is 5.97 Å². The van der Waals surface area contributed by atoms with Crippen LogP contribution in [0.25, 0.3) is 0 Å². The molecule has 1 aromatic heterocycles. The summed E-state index contributed by atoms with van der Waals surface area (Å²) < 4.78 is 0. The van der Waals surface area contributed by atoms with E-state index in [4.69, 9.17) is 16.7 Å². The summed E-state index contributed by atoms with van der Waals surface area (Å²) >= 11 is 7.96. The molecule has 1 aliphatic rings. The van der Waals surface area contributed by atoms with Crippen molar-refractivity contribution in [1.82, 2.24) is 4.98 Å². The predicted octanol–water partition coefficient (Wildman–Crippen LogP) is 3.13. The lowest BCUT2D eigenvalue weighted by Gasteiger charge is -2.21. The molecule has 1 fully saturated rings. The smallest absolute Gasteiger partial charge is 0.337 e. The van der Waals surface area contributed by atoms with Crippen molar-refractivity contribution in [3.8, 4) is 0 Å². The Bertz CT molecular complexity index is 436. The number of aromatic nitrogens is 1. The largest absolute Gasteiger partial charge is 0.478 e. The average molecular weight is 287 g/mol. The van der Waals surface area contributed by atoms with Crippen LogP contribution in [-0.4, -0.2) is 33.6 Å². The average Bonchev–Trinajstić information content (AvgIpc) is 2.38. The molecule has 0 aliphatic carbocycles. The van der Waals surface area contributed by atoms with Crippen molar-refractivity contribution in [2.45, 2.75) is 24.5 Å². The minimum atomic E-state index is -1.02. The zero-order valence-corrected chi connectivity index (χ0v) is 11.4. The second kappa shape index (κ2) is 6.29. The van der Waals surface area contributed by atoms with Gasteiger partial charge in [0.15, 0.2) is 0 Å². The molecule has 1 unspecified atom stereocenters. The number of carboxylic acid groups (broad SMARTS) is 1. The van der Waals surface area contributed by atoms with Crippen molar-refractivity contribution in [2.24, 2.45) is 0 Å². The molecule has 4 nitrogen and oxygen atoms in total. The Hall–Kier alpha value is -0.940. The van der Waals surface area contributed by atoms with Gasteiger partial charge in [0, 0.05) is 18.0 Å². The zero-order valence-electron chi connectivity index (χ0n) is 9.86. The molecule has 2 N–H and O–H groups in total. The lowest BCUT2D eigenvalue weighted by atomic mass is 10.2. The van der Waals surface area contributed by atoms with E-state index >= 15 is 0 Å². The Morgan fingerprint density at radius 2 is 2.44 bits per heavy atom. The third-order valence-electron chi connectivity index (χ3n) is 2.86. The fraction of sp³-hybridized carbons (Fsp3) is 0.500. The van der Waals surface area contributed by atoms with Crippen LogP contribution in [0.15, 0.2) is 12.3 Å². The molecular weight excluding hydrogens is 272 g/mol. The molecular formula is C12H15ClN2O2S. The van der Waals surface area contributed by atoms with Gasteiger partial charge in [0.2, 0.25) is 0 Å². The summed E-state index contributed by atoms with van der Waals surface area (Å²) in [5.41, 5.74) is 0.109. The lowest BCUT2D eigenvalue weighted by molar-refractivity contribution is 0.0696. The van der Waals surface area contributed by atoms with Gasteiger partial charge in [0.05, 0.1) is 10.6 Å². The normalized spacial score (nSPS) is 19.5. The number of nitrogens with zero attached hydrogens (tertiary/aromatic N) is 1. The maximum Gasteiger partial charge on any atom is 0.337 e. The maximum absolute atomic E-state index is 10.7. The summed E-state index contributed by atoms with van der Waals surface area (Å²) in [6, 6.07) is 1.42. The van der Waals surface area contributed by atoms with Crippen LogP contribution in [0.5, 0.6) is 0 Å². The number of hydrogen-bond donors (Lipinski definition) is 2. The number of carboxylic acids is 1. The zero-order chi connectivity index (χ0) is 13.0. The highest BCUT2D eigenvalue weighted by molar-refractivity contribution is 7.99. The van der Waals surface area contributed by atoms with Gasteiger partial charge < -0.3 is 10.4 Å². The highest BCUT2D eigenvalue weighted by atomic mass is 35.5. The standard InChI is InChI=1S/C12H15ClN2O2S/c13-10-5-8(12(16)17)6-14-11(10)15-7-9-3-1-2-4-18-9/h5-6,9H,1-4,7H2,(H,14,15)(H,16,17). The first-order valence-corrected chi connectivity index (χ1v) is 7.34. The third-order valence-corrected chi connectivity index (χ3v) is 4.55. The summed E-state index contributed by atoms with van der Waals surface area (Å²) in [6.45, 7) is 0.823. The van der Waals surface area contributed by atoms with Crippen LogP contribution in [-0.2, 0) is 0 Å². The van der Waals surface area contributed by atoms with Gasteiger partial charge in [-0.05, 0) is 24.7 Å². The molecule has 0 radical (unpaired) electrons. The summed E-state index contributed by atoms with van der Waals surface area (Å²) in [7, 11) is 0. The van der Waals surface area contributed by atoms with E-state index in [9.17, 15) is 4.79 Å². The van der Waals surface area contributed by atoms with Crippen molar-refractivity contribution in [3.05, 3.63) is 22.8 Å². The Morgan fingerprint density at radius 3 is 3.06 bits per heavy atom. The van der Waals surface area contributed by atoms with Gasteiger partial charge >= 0.3 is 5.97 Å². The maximum atomic E-state index is 10.7. The van der Waals surface area contributed by atoms with Gasteiger partial charge in [0.1, 0.15) is 5.82 Å². The molecule has 0 bridgehead atoms. The Labute approximate surface area is 115 Å². The fourth-order valence-corrected chi connectivity index (χ4v) is 3.34. The van der Waals surface area contributed by atoms with Crippen LogP contribution in [0.3, 0.4) is 0 Å². The number of thioether (sulfide) groups is 1. The number of carbonyl (C=O) groups is 1. The molecule has 1 aromatic rings. The Morgan fingerprint density at radius 1 is 1.61 bits per heavy atom. The van der Waals surface area contributed by atoms with E-state index in [1.54, 1.807) is 0 Å². The molecule has 0 aromatic carbocycles. The molecule has 2 heterocycles. The minimum Gasteiger partial charge on any atom is -0.478 e. The summed E-state index contributed by atoms with van der Waals surface area (Å²) in [5.74, 6) is 0.762. The number of anilines is 1. The highest BCUT2D eigenvalue weighted by Gasteiger charge is 2.15. The van der Waals surface area contributed by atoms with E-state index in [-0.39, 0.29) is 5.56 Å². The number of hydrogen-bond acceptors (Lipinski definition) is 4. The van der Waals surface area contributed by atoms with Crippen molar-refractivity contribution in [3.63, 3.8) is 0 Å². The van der Waals surface area contributed by atoms with Crippen LogP contribution < -0.4 is 5.32 Å². The SMILES string of the molecule is O=C(O)c1cnc(NCC2CCCCS2)c(Cl)c1. The molecule has 1 atom stereocenters. The summed E-state index contributed by atoms with van der Waals surface area (Å²) in [4.78, 5) is 14.8. The molecule has 0 saturated carbocycles. The van der Waals surface area contributed by atoms with E-state index in [2.05, 4.69) is 10.3 Å². The summed E-state index contributed by atoms with van der Waals surface area (Å²) in [5, 5.41) is 13.0. The van der Waals surface area contributed by atoms with Crippen LogP contribution in [0.4, 0.5) is 5.82 Å². The first-order chi connectivity index (χ1) is 8.66. The Kier molecular flexibility index (Phi) is 4.72. The number of nitrogens with one attached hydrogen (secondary N) is 1. The van der Waals surface area contributed by atoms with E-state index in [0.717, 1.165) is 6.54 Å². The van der Waals surface area contributed by atoms with Gasteiger partial charge in [-0.2, -0.15) is 11.8 Å². The number of aromatic carboxylic acids is 1. The van der Waals surface area contributed by atoms with Crippen molar-refractivity contribution >= 4 is 35.1 Å². The molecule has 18 heavy (non-hydrogen) atoms. The summed E-state index contributed by atoms with van der Waals surface area (Å²) in [6.07, 6.45) is 5.11. The van der Waals surface area contributed by atoms with Gasteiger partial charge in [-0.1, -0.05) is 18.0 Å². The molecule has 2 rings (SSSR count). The second-order valence-corrected chi connectivity index (χ2v) is 6.04. The van der Waals surface area contributed by atoms with E-state index in [0.29, 0.717) is 16.1 Å². The first-order valence-electron chi connectivity index (χ1n) is 5.91. The molecule has 6 heteroatoms. The minimum absolute atomic E-state index is 0.109.